The van der Waals surface area contributed by atoms with Crippen LogP contribution in [0.2, 0.25) is 0 Å². The highest BCUT2D eigenvalue weighted by atomic mass is 16.7. The summed E-state index contributed by atoms with van der Waals surface area (Å²) < 4.78 is 10.9. The van der Waals surface area contributed by atoms with Crippen molar-refractivity contribution in [3.8, 4) is 0 Å². The quantitative estimate of drug-likeness (QED) is 0.375. The third-order valence-electron chi connectivity index (χ3n) is 3.89. The highest BCUT2D eigenvalue weighted by molar-refractivity contribution is 5.86. The van der Waals surface area contributed by atoms with Crippen molar-refractivity contribution in [1.82, 2.24) is 0 Å². The Morgan fingerprint density at radius 1 is 1.22 bits per heavy atom. The first-order chi connectivity index (χ1) is 10.9. The Kier molecular flexibility index (Phi) is 7.32. The second-order valence-electron chi connectivity index (χ2n) is 5.48. The van der Waals surface area contributed by atoms with Crippen molar-refractivity contribution in [2.75, 3.05) is 13.2 Å². The van der Waals surface area contributed by atoms with E-state index in [0.29, 0.717) is 13.2 Å². The van der Waals surface area contributed by atoms with Crippen molar-refractivity contribution in [2.24, 2.45) is 0 Å². The third kappa shape index (κ3) is 5.11. The molecule has 0 bridgehead atoms. The molecule has 0 aliphatic heterocycles. The molecule has 0 saturated heterocycles. The number of rotatable bonds is 10. The average molecular weight is 323 g/mol. The Bertz CT molecular complexity index is 511. The van der Waals surface area contributed by atoms with Gasteiger partial charge in [0.05, 0.1) is 5.92 Å². The Morgan fingerprint density at radius 3 is 2.17 bits per heavy atom. The highest BCUT2D eigenvalue weighted by Crippen LogP contribution is 2.29. The van der Waals surface area contributed by atoms with Gasteiger partial charge in [0.2, 0.25) is 11.8 Å². The maximum Gasteiger partial charge on any atom is 0.225 e. The molecule has 0 N–H and O–H groups in total. The number of carbonyl (C=O) groups excluding carboxylic acids is 1. The van der Waals surface area contributed by atoms with E-state index >= 15 is 0 Å². The predicted molar refractivity (Wildman–Crippen MR) is 86.9 cm³/mol. The van der Waals surface area contributed by atoms with Crippen LogP contribution in [0.25, 0.3) is 0 Å². The molecular formula is C17H25NO5. The van der Waals surface area contributed by atoms with Crippen LogP contribution in [-0.2, 0) is 14.3 Å². The van der Waals surface area contributed by atoms with Gasteiger partial charge in [-0.1, -0.05) is 30.3 Å². The third-order valence-corrected chi connectivity index (χ3v) is 3.89. The molecule has 23 heavy (non-hydrogen) atoms. The molecule has 0 fully saturated rings. The van der Waals surface area contributed by atoms with Gasteiger partial charge in [-0.3, -0.25) is 14.9 Å². The summed E-state index contributed by atoms with van der Waals surface area (Å²) in [5.41, 5.74) is 0.764. The zero-order valence-electron chi connectivity index (χ0n) is 14.2. The second kappa shape index (κ2) is 8.74. The number of Topliss-reactive ketones (excluding diaryl/α,β-unsaturated/α-hetero) is 1. The molecular weight excluding hydrogens is 298 g/mol. The summed E-state index contributed by atoms with van der Waals surface area (Å²) in [6.45, 7) is 7.29. The lowest BCUT2D eigenvalue weighted by Gasteiger charge is -2.29. The molecule has 0 unspecified atom stereocenters. The minimum absolute atomic E-state index is 0.0112. The lowest BCUT2D eigenvalue weighted by molar-refractivity contribution is -0.522. The van der Waals surface area contributed by atoms with Gasteiger partial charge in [-0.05, 0) is 26.3 Å². The van der Waals surface area contributed by atoms with Crippen molar-refractivity contribution < 1.29 is 19.2 Å². The van der Waals surface area contributed by atoms with Crippen LogP contribution in [0.1, 0.15) is 45.6 Å². The average Bonchev–Trinajstić information content (AvgIpc) is 2.52. The van der Waals surface area contributed by atoms with E-state index in [9.17, 15) is 14.9 Å². The molecule has 0 spiro atoms. The van der Waals surface area contributed by atoms with Crippen LogP contribution in [0.15, 0.2) is 30.3 Å². The number of ether oxygens (including phenoxy) is 2. The fraction of sp³-hybridized carbons (Fsp3) is 0.588. The van der Waals surface area contributed by atoms with E-state index in [4.69, 9.17) is 9.47 Å². The first-order valence-corrected chi connectivity index (χ1v) is 7.85. The predicted octanol–water partition coefficient (Wildman–Crippen LogP) is 3.18. The number of hydrogen-bond donors (Lipinski definition) is 0. The Balaban J connectivity index is 3.05. The molecule has 0 heterocycles. The molecule has 1 aromatic rings. The molecule has 0 aromatic heterocycles. The van der Waals surface area contributed by atoms with Crippen LogP contribution < -0.4 is 0 Å². The normalized spacial score (nSPS) is 14.3. The molecule has 0 radical (unpaired) electrons. The van der Waals surface area contributed by atoms with Crippen LogP contribution in [0.5, 0.6) is 0 Å². The van der Waals surface area contributed by atoms with E-state index in [0.717, 1.165) is 5.56 Å². The lowest BCUT2D eigenvalue weighted by atomic mass is 9.86. The van der Waals surface area contributed by atoms with Gasteiger partial charge >= 0.3 is 0 Å². The summed E-state index contributed by atoms with van der Waals surface area (Å²) in [6.07, 6.45) is -0.0112. The molecule has 2 atom stereocenters. The van der Waals surface area contributed by atoms with E-state index in [1.807, 2.05) is 18.2 Å². The second-order valence-corrected chi connectivity index (χ2v) is 5.48. The van der Waals surface area contributed by atoms with E-state index in [1.165, 1.54) is 6.92 Å². The molecule has 1 aromatic carbocycles. The first-order valence-electron chi connectivity index (χ1n) is 7.85. The molecule has 1 rings (SSSR count). The molecule has 6 nitrogen and oxygen atoms in total. The number of hydrogen-bond acceptors (Lipinski definition) is 5. The number of ketones is 1. The van der Waals surface area contributed by atoms with E-state index < -0.39 is 17.7 Å². The Hall–Kier alpha value is -1.79. The lowest BCUT2D eigenvalue weighted by Crippen LogP contribution is -2.43. The standard InChI is InChI=1S/C17H25NO5/c1-5-22-17(4,23-6-2)16(19)12-15(13(3)18(20)21)14-10-8-7-9-11-14/h7-11,13,15H,5-6,12H2,1-4H3/t13-,15+/m1/s1. The summed E-state index contributed by atoms with van der Waals surface area (Å²) in [5.74, 6) is -2.19. The maximum absolute atomic E-state index is 12.7. The van der Waals surface area contributed by atoms with Gasteiger partial charge in [-0.15, -0.1) is 0 Å². The fourth-order valence-electron chi connectivity index (χ4n) is 2.55. The van der Waals surface area contributed by atoms with Crippen LogP contribution >= 0.6 is 0 Å². The van der Waals surface area contributed by atoms with E-state index in [1.54, 1.807) is 32.9 Å². The van der Waals surface area contributed by atoms with Gasteiger partial charge < -0.3 is 9.47 Å². The number of nitro groups is 1. The van der Waals surface area contributed by atoms with Crippen LogP contribution in [0, 0.1) is 10.1 Å². The SMILES string of the molecule is CCOC(C)(OCC)C(=O)C[C@H](c1ccccc1)[C@@H](C)[N+](=O)[O-]. The molecule has 0 amide bonds. The molecule has 0 aliphatic rings. The van der Waals surface area contributed by atoms with Gasteiger partial charge in [0.1, 0.15) is 0 Å². The Morgan fingerprint density at radius 2 is 1.74 bits per heavy atom. The molecule has 0 aliphatic carbocycles. The number of nitrogens with zero attached hydrogens (tertiary/aromatic N) is 1. The summed E-state index contributed by atoms with van der Waals surface area (Å²) in [6, 6.07) is 8.18. The van der Waals surface area contributed by atoms with Gasteiger partial charge in [0.25, 0.3) is 0 Å². The van der Waals surface area contributed by atoms with Crippen molar-refractivity contribution in [1.29, 1.82) is 0 Å². The van der Waals surface area contributed by atoms with Crippen molar-refractivity contribution in [2.45, 2.75) is 51.9 Å². The van der Waals surface area contributed by atoms with Gasteiger partial charge in [-0.2, -0.15) is 0 Å². The van der Waals surface area contributed by atoms with E-state index in [-0.39, 0.29) is 17.1 Å². The van der Waals surface area contributed by atoms with Crippen molar-refractivity contribution >= 4 is 5.78 Å². The molecule has 0 saturated carbocycles. The zero-order valence-corrected chi connectivity index (χ0v) is 14.2. The maximum atomic E-state index is 12.7. The van der Waals surface area contributed by atoms with Gasteiger partial charge in [0, 0.05) is 31.5 Å². The van der Waals surface area contributed by atoms with Crippen LogP contribution in [0.4, 0.5) is 0 Å². The summed E-state index contributed by atoms with van der Waals surface area (Å²) in [5, 5.41) is 11.2. The topological polar surface area (TPSA) is 78.7 Å². The summed E-state index contributed by atoms with van der Waals surface area (Å²) >= 11 is 0. The molecule has 128 valence electrons. The minimum atomic E-state index is -1.37. The van der Waals surface area contributed by atoms with Gasteiger partial charge in [0.15, 0.2) is 5.78 Å². The van der Waals surface area contributed by atoms with Crippen molar-refractivity contribution in [3.05, 3.63) is 46.0 Å². The largest absolute Gasteiger partial charge is 0.344 e. The van der Waals surface area contributed by atoms with Crippen molar-refractivity contribution in [3.63, 3.8) is 0 Å². The Labute approximate surface area is 136 Å². The minimum Gasteiger partial charge on any atom is -0.344 e. The number of benzene rings is 1. The van der Waals surface area contributed by atoms with Crippen LogP contribution in [-0.4, -0.2) is 35.7 Å². The highest BCUT2D eigenvalue weighted by Gasteiger charge is 2.39. The smallest absolute Gasteiger partial charge is 0.225 e. The van der Waals surface area contributed by atoms with Gasteiger partial charge in [-0.25, -0.2) is 0 Å². The fourth-order valence-corrected chi connectivity index (χ4v) is 2.55. The zero-order chi connectivity index (χ0) is 17.5. The first kappa shape index (κ1) is 19.3. The number of carbonyl (C=O) groups is 1. The van der Waals surface area contributed by atoms with E-state index in [2.05, 4.69) is 0 Å². The van der Waals surface area contributed by atoms with Crippen LogP contribution in [0.3, 0.4) is 0 Å². The molecule has 6 heteroatoms. The summed E-state index contributed by atoms with van der Waals surface area (Å²) in [4.78, 5) is 23.6. The monoisotopic (exact) mass is 323 g/mol. The summed E-state index contributed by atoms with van der Waals surface area (Å²) in [7, 11) is 0.